The number of rotatable bonds is 2. The summed E-state index contributed by atoms with van der Waals surface area (Å²) in [6, 6.07) is 5.78. The first-order chi connectivity index (χ1) is 6.04. The van der Waals surface area contributed by atoms with Crippen molar-refractivity contribution in [2.45, 2.75) is 39.5 Å². The molecular weight excluding hydrogens is 174 g/mol. The highest BCUT2D eigenvalue weighted by molar-refractivity contribution is 5.42. The van der Waals surface area contributed by atoms with Crippen molar-refractivity contribution in [3.05, 3.63) is 29.3 Å². The molecule has 0 aromatic heterocycles. The van der Waals surface area contributed by atoms with Crippen LogP contribution in [-0.4, -0.2) is 5.11 Å². The number of hydrogen-bond donors (Lipinski definition) is 2. The molecule has 0 aliphatic rings. The lowest BCUT2D eigenvalue weighted by molar-refractivity contribution is 0.462. The minimum absolute atomic E-state index is 0. The van der Waals surface area contributed by atoms with Crippen LogP contribution in [0.1, 0.15) is 50.7 Å². The molecule has 0 amide bonds. The average molecular weight is 195 g/mol. The van der Waals surface area contributed by atoms with Crippen molar-refractivity contribution >= 4 is 0 Å². The SMILES string of the molecule is CC(C)c1cccc(O)c1C(C)C.N. The molecule has 0 radical (unpaired) electrons. The summed E-state index contributed by atoms with van der Waals surface area (Å²) in [4.78, 5) is 0. The topological polar surface area (TPSA) is 55.2 Å². The van der Waals surface area contributed by atoms with Crippen molar-refractivity contribution in [2.24, 2.45) is 0 Å². The molecule has 0 unspecified atom stereocenters. The van der Waals surface area contributed by atoms with E-state index in [2.05, 4.69) is 33.8 Å². The van der Waals surface area contributed by atoms with Crippen LogP contribution in [0.4, 0.5) is 0 Å². The van der Waals surface area contributed by atoms with Crippen LogP contribution < -0.4 is 6.15 Å². The summed E-state index contributed by atoms with van der Waals surface area (Å²) >= 11 is 0. The predicted octanol–water partition coefficient (Wildman–Crippen LogP) is 3.80. The van der Waals surface area contributed by atoms with Crippen molar-refractivity contribution in [1.82, 2.24) is 6.15 Å². The van der Waals surface area contributed by atoms with E-state index in [1.807, 2.05) is 6.07 Å². The zero-order valence-corrected chi connectivity index (χ0v) is 9.54. The van der Waals surface area contributed by atoms with Crippen LogP contribution in [0.3, 0.4) is 0 Å². The molecule has 1 aromatic rings. The maximum absolute atomic E-state index is 9.71. The molecule has 0 saturated carbocycles. The van der Waals surface area contributed by atoms with Gasteiger partial charge >= 0.3 is 0 Å². The monoisotopic (exact) mass is 195 g/mol. The summed E-state index contributed by atoms with van der Waals surface area (Å²) in [5, 5.41) is 9.71. The molecule has 4 N–H and O–H groups in total. The fourth-order valence-electron chi connectivity index (χ4n) is 1.70. The molecule has 0 aliphatic heterocycles. The van der Waals surface area contributed by atoms with Crippen molar-refractivity contribution < 1.29 is 5.11 Å². The molecule has 14 heavy (non-hydrogen) atoms. The predicted molar refractivity (Wildman–Crippen MR) is 61.3 cm³/mol. The van der Waals surface area contributed by atoms with Gasteiger partial charge in [-0.2, -0.15) is 0 Å². The molecule has 0 atom stereocenters. The van der Waals surface area contributed by atoms with Gasteiger partial charge in [0.05, 0.1) is 0 Å². The molecule has 80 valence electrons. The molecule has 0 heterocycles. The van der Waals surface area contributed by atoms with Crippen LogP contribution in [0.2, 0.25) is 0 Å². The lowest BCUT2D eigenvalue weighted by Crippen LogP contribution is -1.98. The Balaban J connectivity index is 0.00000169. The summed E-state index contributed by atoms with van der Waals surface area (Å²) in [5.41, 5.74) is 2.35. The van der Waals surface area contributed by atoms with Crippen LogP contribution in [0.5, 0.6) is 5.75 Å². The van der Waals surface area contributed by atoms with Gasteiger partial charge in [0.25, 0.3) is 0 Å². The quantitative estimate of drug-likeness (QED) is 0.754. The van der Waals surface area contributed by atoms with E-state index in [4.69, 9.17) is 0 Å². The van der Waals surface area contributed by atoms with E-state index in [-0.39, 0.29) is 6.15 Å². The first-order valence-electron chi connectivity index (χ1n) is 4.85. The smallest absolute Gasteiger partial charge is 0.119 e. The standard InChI is InChI=1S/C12H18O.H3N/c1-8(2)10-6-5-7-11(13)12(10)9(3)4;/h5-9,13H,1-4H3;1H3. The summed E-state index contributed by atoms with van der Waals surface area (Å²) in [5.74, 6) is 1.30. The Morgan fingerprint density at radius 1 is 1.00 bits per heavy atom. The van der Waals surface area contributed by atoms with Gasteiger partial charge in [0.1, 0.15) is 5.75 Å². The summed E-state index contributed by atoms with van der Waals surface area (Å²) in [6.45, 7) is 8.53. The summed E-state index contributed by atoms with van der Waals surface area (Å²) in [7, 11) is 0. The Bertz CT molecular complexity index is 292. The molecule has 0 aliphatic carbocycles. The molecular formula is C12H21NO. The summed E-state index contributed by atoms with van der Waals surface area (Å²) < 4.78 is 0. The molecule has 0 saturated heterocycles. The van der Waals surface area contributed by atoms with Crippen molar-refractivity contribution in [1.29, 1.82) is 0 Å². The minimum atomic E-state index is 0. The van der Waals surface area contributed by atoms with E-state index in [0.717, 1.165) is 5.56 Å². The Morgan fingerprint density at radius 2 is 1.57 bits per heavy atom. The zero-order valence-electron chi connectivity index (χ0n) is 9.54. The van der Waals surface area contributed by atoms with Gasteiger partial charge in [-0.15, -0.1) is 0 Å². The largest absolute Gasteiger partial charge is 0.508 e. The molecule has 2 heteroatoms. The summed E-state index contributed by atoms with van der Waals surface area (Å²) in [6.07, 6.45) is 0. The van der Waals surface area contributed by atoms with Crippen LogP contribution >= 0.6 is 0 Å². The van der Waals surface area contributed by atoms with Gasteiger partial charge in [0, 0.05) is 0 Å². The highest BCUT2D eigenvalue weighted by Gasteiger charge is 2.13. The van der Waals surface area contributed by atoms with Crippen molar-refractivity contribution in [3.8, 4) is 5.75 Å². The normalized spacial score (nSPS) is 10.4. The maximum atomic E-state index is 9.71. The van der Waals surface area contributed by atoms with E-state index < -0.39 is 0 Å². The van der Waals surface area contributed by atoms with Gasteiger partial charge in [0.15, 0.2) is 0 Å². The van der Waals surface area contributed by atoms with Gasteiger partial charge in [-0.05, 0) is 29.0 Å². The Labute approximate surface area is 86.6 Å². The van der Waals surface area contributed by atoms with Crippen LogP contribution in [0, 0.1) is 0 Å². The van der Waals surface area contributed by atoms with E-state index in [1.54, 1.807) is 6.07 Å². The fourth-order valence-corrected chi connectivity index (χ4v) is 1.70. The number of aromatic hydroxyl groups is 1. The molecule has 0 fully saturated rings. The third kappa shape index (κ3) is 2.48. The first-order valence-corrected chi connectivity index (χ1v) is 4.85. The van der Waals surface area contributed by atoms with Crippen LogP contribution in [0.25, 0.3) is 0 Å². The van der Waals surface area contributed by atoms with Crippen molar-refractivity contribution in [2.75, 3.05) is 0 Å². The lowest BCUT2D eigenvalue weighted by atomic mass is 9.90. The molecule has 1 aromatic carbocycles. The lowest BCUT2D eigenvalue weighted by Gasteiger charge is -2.16. The van der Waals surface area contributed by atoms with E-state index in [0.29, 0.717) is 17.6 Å². The van der Waals surface area contributed by atoms with E-state index in [1.165, 1.54) is 5.56 Å². The Morgan fingerprint density at radius 3 is 1.93 bits per heavy atom. The highest BCUT2D eigenvalue weighted by Crippen LogP contribution is 2.32. The zero-order chi connectivity index (χ0) is 10.0. The first kappa shape index (κ1) is 13.0. The van der Waals surface area contributed by atoms with E-state index >= 15 is 0 Å². The van der Waals surface area contributed by atoms with Gasteiger partial charge in [-0.25, -0.2) is 0 Å². The second-order valence-corrected chi connectivity index (χ2v) is 4.09. The average Bonchev–Trinajstić information content (AvgIpc) is 2.02. The fraction of sp³-hybridized carbons (Fsp3) is 0.500. The van der Waals surface area contributed by atoms with Gasteiger partial charge in [0.2, 0.25) is 0 Å². The van der Waals surface area contributed by atoms with Crippen molar-refractivity contribution in [3.63, 3.8) is 0 Å². The molecule has 1 rings (SSSR count). The van der Waals surface area contributed by atoms with Crippen LogP contribution in [0.15, 0.2) is 18.2 Å². The second-order valence-electron chi connectivity index (χ2n) is 4.09. The van der Waals surface area contributed by atoms with Gasteiger partial charge in [-0.1, -0.05) is 39.8 Å². The Kier molecular flexibility index (Phi) is 4.64. The number of phenols is 1. The number of benzene rings is 1. The second kappa shape index (κ2) is 5.01. The van der Waals surface area contributed by atoms with Crippen LogP contribution in [-0.2, 0) is 0 Å². The Hall–Kier alpha value is -1.02. The minimum Gasteiger partial charge on any atom is -0.508 e. The van der Waals surface area contributed by atoms with Gasteiger partial charge in [-0.3, -0.25) is 0 Å². The third-order valence-corrected chi connectivity index (χ3v) is 2.32. The number of phenolic OH excluding ortho intramolecular Hbond substituents is 1. The number of hydrogen-bond acceptors (Lipinski definition) is 2. The maximum Gasteiger partial charge on any atom is 0.119 e. The highest BCUT2D eigenvalue weighted by atomic mass is 16.3. The van der Waals surface area contributed by atoms with E-state index in [9.17, 15) is 5.11 Å². The molecule has 2 nitrogen and oxygen atoms in total. The molecule has 0 bridgehead atoms. The third-order valence-electron chi connectivity index (χ3n) is 2.32. The molecule has 0 spiro atoms. The van der Waals surface area contributed by atoms with Gasteiger partial charge < -0.3 is 11.3 Å².